The molecule has 0 aromatic heterocycles. The number of nitrogens with two attached hydrogens (primary N) is 1. The molecule has 1 aromatic rings. The maximum Gasteiger partial charge on any atom is 0.416 e. The minimum absolute atomic E-state index is 0.202. The molecule has 0 amide bonds. The van der Waals surface area contributed by atoms with Gasteiger partial charge in [-0.25, -0.2) is 0 Å². The monoisotopic (exact) mass is 273 g/mol. The lowest BCUT2D eigenvalue weighted by atomic mass is 9.77. The van der Waals surface area contributed by atoms with Crippen LogP contribution in [0.4, 0.5) is 18.9 Å². The Labute approximate surface area is 113 Å². The van der Waals surface area contributed by atoms with Crippen molar-refractivity contribution in [1.82, 2.24) is 0 Å². The largest absolute Gasteiger partial charge is 0.416 e. The first-order valence-corrected chi connectivity index (χ1v) is 6.26. The van der Waals surface area contributed by atoms with Gasteiger partial charge in [-0.15, -0.1) is 0 Å². The van der Waals surface area contributed by atoms with Crippen LogP contribution in [-0.4, -0.2) is 0 Å². The van der Waals surface area contributed by atoms with E-state index in [-0.39, 0.29) is 11.1 Å². The Morgan fingerprint density at radius 2 is 1.16 bits per heavy atom. The maximum atomic E-state index is 13.1. The van der Waals surface area contributed by atoms with Crippen molar-refractivity contribution in [2.24, 2.45) is 0 Å². The zero-order valence-corrected chi connectivity index (χ0v) is 12.4. The Kier molecular flexibility index (Phi) is 3.70. The van der Waals surface area contributed by atoms with Gasteiger partial charge in [-0.05, 0) is 28.0 Å². The summed E-state index contributed by atoms with van der Waals surface area (Å²) >= 11 is 0. The lowest BCUT2D eigenvalue weighted by Crippen LogP contribution is -2.23. The van der Waals surface area contributed by atoms with Crippen molar-refractivity contribution in [3.8, 4) is 0 Å². The molecule has 108 valence electrons. The van der Waals surface area contributed by atoms with Crippen molar-refractivity contribution in [2.75, 3.05) is 5.73 Å². The van der Waals surface area contributed by atoms with Gasteiger partial charge in [-0.2, -0.15) is 13.2 Å². The highest BCUT2D eigenvalue weighted by Crippen LogP contribution is 2.41. The molecule has 0 aliphatic carbocycles. The number of nitrogen functional groups attached to an aromatic ring is 1. The van der Waals surface area contributed by atoms with Crippen LogP contribution in [0.2, 0.25) is 0 Å². The van der Waals surface area contributed by atoms with Gasteiger partial charge in [0.15, 0.2) is 0 Å². The van der Waals surface area contributed by atoms with Crippen LogP contribution >= 0.6 is 0 Å². The quantitative estimate of drug-likeness (QED) is 0.670. The molecule has 1 nitrogen and oxygen atoms in total. The fourth-order valence-electron chi connectivity index (χ4n) is 2.12. The maximum absolute atomic E-state index is 13.1. The standard InChI is InChI=1S/C15H22F3N/c1-13(2,3)9-7-11(14(4,5)6)12(19)8-10(9)15(16,17)18/h7-8H,19H2,1-6H3. The van der Waals surface area contributed by atoms with E-state index < -0.39 is 17.2 Å². The second kappa shape index (κ2) is 4.43. The topological polar surface area (TPSA) is 26.0 Å². The summed E-state index contributed by atoms with van der Waals surface area (Å²) in [5.41, 5.74) is 5.56. The Balaban J connectivity index is 3.66. The second-order valence-electron chi connectivity index (χ2n) is 6.98. The van der Waals surface area contributed by atoms with E-state index in [1.165, 1.54) is 0 Å². The fraction of sp³-hybridized carbons (Fsp3) is 0.600. The van der Waals surface area contributed by atoms with Gasteiger partial charge in [0.2, 0.25) is 0 Å². The van der Waals surface area contributed by atoms with E-state index in [0.717, 1.165) is 11.6 Å². The first kappa shape index (κ1) is 15.9. The van der Waals surface area contributed by atoms with Gasteiger partial charge < -0.3 is 5.73 Å². The number of hydrogen-bond acceptors (Lipinski definition) is 1. The molecule has 0 aliphatic rings. The van der Waals surface area contributed by atoms with Crippen LogP contribution < -0.4 is 5.73 Å². The Hall–Kier alpha value is -1.19. The van der Waals surface area contributed by atoms with Gasteiger partial charge in [0, 0.05) is 5.69 Å². The highest BCUT2D eigenvalue weighted by molar-refractivity contribution is 5.57. The average Bonchev–Trinajstić information content (AvgIpc) is 2.11. The smallest absolute Gasteiger partial charge is 0.398 e. The first-order chi connectivity index (χ1) is 8.24. The molecule has 1 aromatic carbocycles. The molecule has 2 N–H and O–H groups in total. The molecule has 0 heterocycles. The molecule has 0 unspecified atom stereocenters. The molecule has 0 radical (unpaired) electrons. The summed E-state index contributed by atoms with van der Waals surface area (Å²) < 4.78 is 39.4. The normalized spacial score (nSPS) is 13.7. The summed E-state index contributed by atoms with van der Waals surface area (Å²) in [7, 11) is 0. The van der Waals surface area contributed by atoms with Crippen molar-refractivity contribution in [3.63, 3.8) is 0 Å². The van der Waals surface area contributed by atoms with Gasteiger partial charge in [0.1, 0.15) is 0 Å². The van der Waals surface area contributed by atoms with E-state index in [9.17, 15) is 13.2 Å². The molecule has 4 heteroatoms. The van der Waals surface area contributed by atoms with Crippen molar-refractivity contribution < 1.29 is 13.2 Å². The number of anilines is 1. The molecule has 0 spiro atoms. The zero-order valence-electron chi connectivity index (χ0n) is 12.4. The highest BCUT2D eigenvalue weighted by Gasteiger charge is 2.37. The molecule has 0 fully saturated rings. The Morgan fingerprint density at radius 3 is 1.47 bits per heavy atom. The molecular formula is C15H22F3N. The summed E-state index contributed by atoms with van der Waals surface area (Å²) in [5.74, 6) is 0. The minimum atomic E-state index is -4.38. The summed E-state index contributed by atoms with van der Waals surface area (Å²) in [6, 6.07) is 2.68. The van der Waals surface area contributed by atoms with Crippen molar-refractivity contribution in [3.05, 3.63) is 28.8 Å². The van der Waals surface area contributed by atoms with Crippen LogP contribution in [-0.2, 0) is 17.0 Å². The van der Waals surface area contributed by atoms with E-state index in [0.29, 0.717) is 5.56 Å². The van der Waals surface area contributed by atoms with E-state index in [4.69, 9.17) is 5.73 Å². The predicted octanol–water partition coefficient (Wildman–Crippen LogP) is 4.88. The van der Waals surface area contributed by atoms with Gasteiger partial charge in [-0.1, -0.05) is 47.6 Å². The van der Waals surface area contributed by atoms with Crippen molar-refractivity contribution in [1.29, 1.82) is 0 Å². The third kappa shape index (κ3) is 3.43. The van der Waals surface area contributed by atoms with Gasteiger partial charge in [-0.3, -0.25) is 0 Å². The molecule has 0 atom stereocenters. The lowest BCUT2D eigenvalue weighted by molar-refractivity contribution is -0.138. The SMILES string of the molecule is CC(C)(C)c1cc(C(C)(C)C)c(C(F)(F)F)cc1N. The Morgan fingerprint density at radius 1 is 0.737 bits per heavy atom. The summed E-state index contributed by atoms with van der Waals surface area (Å²) in [6.07, 6.45) is -4.38. The van der Waals surface area contributed by atoms with Crippen LogP contribution in [0.5, 0.6) is 0 Å². The Bertz CT molecular complexity index is 474. The summed E-state index contributed by atoms with van der Waals surface area (Å²) in [4.78, 5) is 0. The highest BCUT2D eigenvalue weighted by atomic mass is 19.4. The predicted molar refractivity (Wildman–Crippen MR) is 73.3 cm³/mol. The van der Waals surface area contributed by atoms with Gasteiger partial charge in [0.25, 0.3) is 0 Å². The van der Waals surface area contributed by atoms with Crippen LogP contribution in [0.3, 0.4) is 0 Å². The first-order valence-electron chi connectivity index (χ1n) is 6.26. The van der Waals surface area contributed by atoms with Crippen molar-refractivity contribution in [2.45, 2.75) is 58.5 Å². The molecule has 1 rings (SSSR count). The van der Waals surface area contributed by atoms with Crippen LogP contribution in [0, 0.1) is 0 Å². The average molecular weight is 273 g/mol. The second-order valence-corrected chi connectivity index (χ2v) is 6.98. The molecule has 0 aliphatic heterocycles. The molecule has 19 heavy (non-hydrogen) atoms. The molecular weight excluding hydrogens is 251 g/mol. The van der Waals surface area contributed by atoms with E-state index in [2.05, 4.69) is 0 Å². The third-order valence-electron chi connectivity index (χ3n) is 3.11. The third-order valence-corrected chi connectivity index (χ3v) is 3.11. The van der Waals surface area contributed by atoms with E-state index in [1.807, 2.05) is 20.8 Å². The number of rotatable bonds is 0. The number of halogens is 3. The molecule has 0 saturated heterocycles. The van der Waals surface area contributed by atoms with Crippen LogP contribution in [0.1, 0.15) is 58.2 Å². The zero-order chi connectivity index (χ0) is 15.2. The summed E-state index contributed by atoms with van der Waals surface area (Å²) in [6.45, 7) is 11.2. The number of hydrogen-bond donors (Lipinski definition) is 1. The van der Waals surface area contributed by atoms with Gasteiger partial charge in [0.05, 0.1) is 5.56 Å². The molecule has 0 saturated carbocycles. The van der Waals surface area contributed by atoms with E-state index in [1.54, 1.807) is 26.8 Å². The fourth-order valence-corrected chi connectivity index (χ4v) is 2.12. The van der Waals surface area contributed by atoms with E-state index >= 15 is 0 Å². The minimum Gasteiger partial charge on any atom is -0.398 e. The van der Waals surface area contributed by atoms with Crippen LogP contribution in [0.25, 0.3) is 0 Å². The van der Waals surface area contributed by atoms with Crippen molar-refractivity contribution >= 4 is 5.69 Å². The number of alkyl halides is 3. The molecule has 0 bridgehead atoms. The van der Waals surface area contributed by atoms with Gasteiger partial charge >= 0.3 is 6.18 Å². The number of benzene rings is 1. The summed E-state index contributed by atoms with van der Waals surface area (Å²) in [5, 5.41) is 0. The lowest BCUT2D eigenvalue weighted by Gasteiger charge is -2.29. The van der Waals surface area contributed by atoms with Crippen LogP contribution in [0.15, 0.2) is 12.1 Å².